The van der Waals surface area contributed by atoms with Crippen LogP contribution in [-0.4, -0.2) is 36.9 Å². The van der Waals surface area contributed by atoms with E-state index in [-0.39, 0.29) is 30.7 Å². The minimum Gasteiger partial charge on any atom is -0.339 e. The smallest absolute Gasteiger partial charge is 0.222 e. The van der Waals surface area contributed by atoms with Gasteiger partial charge in [0.1, 0.15) is 0 Å². The first kappa shape index (κ1) is 45.3. The molecule has 5 aromatic heterocycles. The summed E-state index contributed by atoms with van der Waals surface area (Å²) >= 11 is 0. The van der Waals surface area contributed by atoms with Crippen LogP contribution in [0.15, 0.2) is 249 Å². The molecule has 11 aromatic carbocycles. The van der Waals surface area contributed by atoms with Gasteiger partial charge in [-0.2, -0.15) is 0 Å². The van der Waals surface area contributed by atoms with Crippen LogP contribution in [0.2, 0.25) is 5.82 Å². The molecule has 3 aliphatic heterocycles. The number of rotatable bonds is 4. The Kier molecular flexibility index (Phi) is 8.69. The summed E-state index contributed by atoms with van der Waals surface area (Å²) in [6.45, 7) is 0.107. The van der Waals surface area contributed by atoms with Gasteiger partial charge < -0.3 is 27.9 Å². The SMILES string of the molecule is C1=Cc2c3n(c4cc5c(cc24)B2c4cc6c7cccc8c9ccccc9n(c6cc4N(c4ccccc4)C4CC(n6c9ccccc9c9cc(-n%10c%11ccccc%11c%11ccccc%11%10)ccc96)CC(C24)N5c2ccccc2)c87)-c2ccccc2C3C1. The molecule has 1 fully saturated rings. The number of anilines is 4. The van der Waals surface area contributed by atoms with Gasteiger partial charge in [-0.1, -0.05) is 170 Å². The summed E-state index contributed by atoms with van der Waals surface area (Å²) in [4.78, 5) is 5.68. The first-order valence-electron chi connectivity index (χ1n) is 30.6. The molecular formula is C78H53BN6. The largest absolute Gasteiger partial charge is 0.339 e. The molecule has 21 rings (SSSR count). The molecule has 5 unspecified atom stereocenters. The number of para-hydroxylation sites is 8. The first-order chi connectivity index (χ1) is 42.2. The van der Waals surface area contributed by atoms with Gasteiger partial charge in [0.05, 0.1) is 33.1 Å². The van der Waals surface area contributed by atoms with Crippen molar-refractivity contribution in [2.45, 2.75) is 49.1 Å². The number of nitrogens with zero attached hydrogens (tertiary/aromatic N) is 6. The van der Waals surface area contributed by atoms with Crippen molar-refractivity contribution in [3.63, 3.8) is 0 Å². The molecule has 6 nitrogen and oxygen atoms in total. The Hall–Kier alpha value is -10.2. The Bertz CT molecular complexity index is 5550. The predicted molar refractivity (Wildman–Crippen MR) is 355 cm³/mol. The van der Waals surface area contributed by atoms with Crippen LogP contribution in [0.3, 0.4) is 0 Å². The third kappa shape index (κ3) is 5.72. The molecule has 5 aliphatic rings. The van der Waals surface area contributed by atoms with E-state index in [1.165, 1.54) is 154 Å². The average Bonchev–Trinajstić information content (AvgIpc) is 1.99. The van der Waals surface area contributed by atoms with E-state index in [0.717, 1.165) is 19.3 Å². The lowest BCUT2D eigenvalue weighted by atomic mass is 9.27. The molecule has 7 heteroatoms. The summed E-state index contributed by atoms with van der Waals surface area (Å²) in [6.07, 6.45) is 7.85. The maximum atomic E-state index is 2.84. The van der Waals surface area contributed by atoms with Crippen molar-refractivity contribution in [2.75, 3.05) is 9.80 Å². The lowest BCUT2D eigenvalue weighted by Gasteiger charge is -2.59. The van der Waals surface area contributed by atoms with Crippen molar-refractivity contribution < 1.29 is 0 Å². The summed E-state index contributed by atoms with van der Waals surface area (Å²) in [7, 11) is 0. The van der Waals surface area contributed by atoms with Crippen LogP contribution in [0.4, 0.5) is 22.7 Å². The quantitative estimate of drug-likeness (QED) is 0.164. The number of hydrogen-bond acceptors (Lipinski definition) is 2. The summed E-state index contributed by atoms with van der Waals surface area (Å²) in [5.74, 6) is 0.561. The molecule has 0 N–H and O–H groups in total. The van der Waals surface area contributed by atoms with Gasteiger partial charge in [0.2, 0.25) is 6.71 Å². The van der Waals surface area contributed by atoms with Gasteiger partial charge in [0.15, 0.2) is 0 Å². The van der Waals surface area contributed by atoms with E-state index in [2.05, 4.69) is 283 Å². The van der Waals surface area contributed by atoms with Crippen LogP contribution in [0.25, 0.3) is 110 Å². The summed E-state index contributed by atoms with van der Waals surface area (Å²) in [5.41, 5.74) is 25.0. The van der Waals surface area contributed by atoms with E-state index in [1.807, 2.05) is 0 Å². The van der Waals surface area contributed by atoms with E-state index >= 15 is 0 Å². The van der Waals surface area contributed by atoms with Crippen LogP contribution in [0, 0.1) is 0 Å². The van der Waals surface area contributed by atoms with Crippen molar-refractivity contribution in [2.24, 2.45) is 0 Å². The van der Waals surface area contributed by atoms with E-state index in [9.17, 15) is 0 Å². The summed E-state index contributed by atoms with van der Waals surface area (Å²) in [6, 6.07) is 93.6. The fraction of sp³-hybridized carbons (Fsp3) is 0.103. The molecule has 398 valence electrons. The number of hydrogen-bond donors (Lipinski definition) is 0. The molecule has 2 aliphatic carbocycles. The molecule has 0 saturated heterocycles. The number of fused-ring (bicyclic) bond motifs is 22. The highest BCUT2D eigenvalue weighted by Crippen LogP contribution is 2.57. The van der Waals surface area contributed by atoms with E-state index < -0.39 is 0 Å². The van der Waals surface area contributed by atoms with Crippen molar-refractivity contribution in [3.05, 3.63) is 266 Å². The van der Waals surface area contributed by atoms with Gasteiger partial charge in [-0.15, -0.1) is 0 Å². The maximum Gasteiger partial charge on any atom is 0.222 e. The van der Waals surface area contributed by atoms with Crippen LogP contribution >= 0.6 is 0 Å². The molecule has 5 atom stereocenters. The van der Waals surface area contributed by atoms with Crippen LogP contribution in [0.1, 0.15) is 48.0 Å². The third-order valence-corrected chi connectivity index (χ3v) is 21.2. The average molecular weight is 1090 g/mol. The van der Waals surface area contributed by atoms with Gasteiger partial charge in [0.25, 0.3) is 0 Å². The zero-order valence-electron chi connectivity index (χ0n) is 46.5. The Morgan fingerprint density at radius 2 is 0.894 bits per heavy atom. The molecular weight excluding hydrogens is 1030 g/mol. The Morgan fingerprint density at radius 1 is 0.365 bits per heavy atom. The Balaban J connectivity index is 0.860. The second-order valence-corrected chi connectivity index (χ2v) is 25.0. The lowest BCUT2D eigenvalue weighted by molar-refractivity contribution is 0.291. The van der Waals surface area contributed by atoms with Crippen molar-refractivity contribution in [3.8, 4) is 11.4 Å². The van der Waals surface area contributed by atoms with Gasteiger partial charge in [-0.05, 0) is 126 Å². The summed E-state index contributed by atoms with van der Waals surface area (Å²) < 4.78 is 10.5. The molecule has 16 aromatic rings. The summed E-state index contributed by atoms with van der Waals surface area (Å²) in [5, 5.41) is 11.8. The lowest BCUT2D eigenvalue weighted by Crippen LogP contribution is -2.69. The molecule has 85 heavy (non-hydrogen) atoms. The normalized spacial score (nSPS) is 19.4. The molecule has 0 amide bonds. The zero-order valence-corrected chi connectivity index (χ0v) is 46.5. The van der Waals surface area contributed by atoms with Gasteiger partial charge in [-0.3, -0.25) is 0 Å². The van der Waals surface area contributed by atoms with E-state index in [4.69, 9.17) is 0 Å². The minimum atomic E-state index is 0.107. The van der Waals surface area contributed by atoms with Gasteiger partial charge >= 0.3 is 0 Å². The van der Waals surface area contributed by atoms with Crippen LogP contribution in [-0.2, 0) is 0 Å². The number of aromatic nitrogens is 4. The van der Waals surface area contributed by atoms with Crippen LogP contribution < -0.4 is 20.7 Å². The fourth-order valence-electron chi connectivity index (χ4n) is 18.2. The van der Waals surface area contributed by atoms with E-state index in [1.54, 1.807) is 0 Å². The minimum absolute atomic E-state index is 0.107. The maximum absolute atomic E-state index is 2.84. The predicted octanol–water partition coefficient (Wildman–Crippen LogP) is 17.9. The second-order valence-electron chi connectivity index (χ2n) is 25.0. The van der Waals surface area contributed by atoms with Crippen molar-refractivity contribution >= 4 is 139 Å². The third-order valence-electron chi connectivity index (χ3n) is 21.2. The van der Waals surface area contributed by atoms with Crippen molar-refractivity contribution in [1.29, 1.82) is 0 Å². The van der Waals surface area contributed by atoms with Gasteiger partial charge in [-0.25, -0.2) is 0 Å². The highest BCUT2D eigenvalue weighted by atomic mass is 15.3. The highest BCUT2D eigenvalue weighted by Gasteiger charge is 2.57. The van der Waals surface area contributed by atoms with E-state index in [0.29, 0.717) is 5.92 Å². The molecule has 8 heterocycles. The van der Waals surface area contributed by atoms with Crippen LogP contribution in [0.5, 0.6) is 0 Å². The second kappa shape index (κ2) is 16.3. The fourth-order valence-corrected chi connectivity index (χ4v) is 18.2. The monoisotopic (exact) mass is 1080 g/mol. The standard InChI is InChI=1S/C78H53BN6/c1-3-19-46(20-4-1)80-72-44-70-60(57-30-17-28-55-52-25-9-15-35-67(52)84(70)77(55)57)42-62(72)79-63-43-61-58-31-18-29-56-53-26-10-16-36-68(53)85(78(56)58)71(61)45-73(63)81(47-21-5-2-6-22-47)75-41-49(40-74(80)76(75)79)83-66-34-14-11-27-54(66)59-39-48(37-38-69(59)83)82-64-32-12-7-23-50(64)51-24-8-13-33-65(51)82/h1-28,30-39,42-45,49,56,74-76H,29,40-41H2. The topological polar surface area (TPSA) is 25.7 Å². The van der Waals surface area contributed by atoms with Gasteiger partial charge in [0, 0.05) is 129 Å². The Morgan fingerprint density at radius 3 is 1.59 bits per heavy atom. The van der Waals surface area contributed by atoms with Crippen molar-refractivity contribution in [1.82, 2.24) is 18.1 Å². The molecule has 1 saturated carbocycles. The molecule has 0 spiro atoms. The highest BCUT2D eigenvalue weighted by molar-refractivity contribution is 6.90. The molecule has 0 bridgehead atoms. The number of benzene rings is 11. The zero-order chi connectivity index (χ0) is 54.9. The number of allylic oxidation sites excluding steroid dienone is 1. The first-order valence-corrected chi connectivity index (χ1v) is 30.6. The Labute approximate surface area is 490 Å². The molecule has 0 radical (unpaired) electrons.